The maximum atomic E-state index is 5.18. The van der Waals surface area contributed by atoms with Crippen LogP contribution in [0.2, 0.25) is 0 Å². The first-order chi connectivity index (χ1) is 5.35. The van der Waals surface area contributed by atoms with Crippen LogP contribution in [0, 0.1) is 12.3 Å². The quantitative estimate of drug-likeness (QED) is 0.422. The first-order valence-electron chi connectivity index (χ1n) is 3.76. The van der Waals surface area contributed by atoms with E-state index >= 15 is 0 Å². The van der Waals surface area contributed by atoms with Gasteiger partial charge < -0.3 is 0 Å². The maximum absolute atomic E-state index is 5.18. The van der Waals surface area contributed by atoms with Crippen LogP contribution in [-0.4, -0.2) is 0 Å². The summed E-state index contributed by atoms with van der Waals surface area (Å²) in [4.78, 5) is 0. The molecule has 0 rings (SSSR count). The highest BCUT2D eigenvalue weighted by Gasteiger charge is 1.85. The standard InChI is InChI=1S/C11H14/c1-4-7-10-11(8-5-2)9-6-3/h2,4,7,9-10H,1,6,8H2,3H3. The Balaban J connectivity index is 4.12. The maximum Gasteiger partial charge on any atom is 0.0334 e. The van der Waals surface area contributed by atoms with E-state index in [0.29, 0.717) is 6.42 Å². The third-order valence-electron chi connectivity index (χ3n) is 1.22. The Bertz CT molecular complexity index is 199. The van der Waals surface area contributed by atoms with Crippen molar-refractivity contribution >= 4 is 0 Å². The molecular formula is C11H14. The van der Waals surface area contributed by atoms with Crippen LogP contribution in [0.25, 0.3) is 0 Å². The largest absolute Gasteiger partial charge is 0.120 e. The highest BCUT2D eigenvalue weighted by atomic mass is 13.9. The number of hydrogen-bond acceptors (Lipinski definition) is 0. The van der Waals surface area contributed by atoms with E-state index in [-0.39, 0.29) is 0 Å². The summed E-state index contributed by atoms with van der Waals surface area (Å²) in [6.07, 6.45) is 14.7. The minimum Gasteiger partial charge on any atom is -0.120 e. The van der Waals surface area contributed by atoms with Gasteiger partial charge in [0.25, 0.3) is 0 Å². The van der Waals surface area contributed by atoms with Gasteiger partial charge in [-0.1, -0.05) is 37.8 Å². The molecule has 0 amide bonds. The molecule has 0 N–H and O–H groups in total. The molecule has 0 saturated carbocycles. The lowest BCUT2D eigenvalue weighted by molar-refractivity contribution is 1.17. The van der Waals surface area contributed by atoms with Crippen LogP contribution in [-0.2, 0) is 0 Å². The number of terminal acetylenes is 1. The highest BCUT2D eigenvalue weighted by Crippen LogP contribution is 2.03. The monoisotopic (exact) mass is 146 g/mol. The van der Waals surface area contributed by atoms with Crippen molar-refractivity contribution in [2.75, 3.05) is 0 Å². The van der Waals surface area contributed by atoms with Crippen molar-refractivity contribution in [2.24, 2.45) is 0 Å². The normalized spacial score (nSPS) is 11.5. The van der Waals surface area contributed by atoms with Crippen LogP contribution >= 0.6 is 0 Å². The Morgan fingerprint density at radius 3 is 2.82 bits per heavy atom. The molecule has 0 fully saturated rings. The van der Waals surface area contributed by atoms with Crippen molar-refractivity contribution in [3.63, 3.8) is 0 Å². The van der Waals surface area contributed by atoms with E-state index in [1.165, 1.54) is 5.57 Å². The summed E-state index contributed by atoms with van der Waals surface area (Å²) in [6, 6.07) is 0. The summed E-state index contributed by atoms with van der Waals surface area (Å²) in [7, 11) is 0. The average Bonchev–Trinajstić information content (AvgIpc) is 2.01. The summed E-state index contributed by atoms with van der Waals surface area (Å²) in [5, 5.41) is 0. The van der Waals surface area contributed by atoms with E-state index in [0.717, 1.165) is 6.42 Å². The minimum atomic E-state index is 0.707. The molecule has 0 aliphatic rings. The molecule has 0 bridgehead atoms. The molecule has 0 saturated heterocycles. The number of allylic oxidation sites excluding steroid dienone is 5. The van der Waals surface area contributed by atoms with E-state index in [1.54, 1.807) is 6.08 Å². The van der Waals surface area contributed by atoms with E-state index < -0.39 is 0 Å². The second-order valence-electron chi connectivity index (χ2n) is 2.16. The van der Waals surface area contributed by atoms with Crippen LogP contribution in [0.5, 0.6) is 0 Å². The fourth-order valence-electron chi connectivity index (χ4n) is 0.771. The van der Waals surface area contributed by atoms with Gasteiger partial charge in [-0.2, -0.15) is 0 Å². The van der Waals surface area contributed by atoms with Crippen molar-refractivity contribution in [2.45, 2.75) is 19.8 Å². The molecule has 0 aromatic carbocycles. The summed E-state index contributed by atoms with van der Waals surface area (Å²) in [6.45, 7) is 5.68. The first kappa shape index (κ1) is 9.78. The Morgan fingerprint density at radius 2 is 2.36 bits per heavy atom. The van der Waals surface area contributed by atoms with Gasteiger partial charge in [-0.15, -0.1) is 12.3 Å². The van der Waals surface area contributed by atoms with Crippen molar-refractivity contribution in [1.29, 1.82) is 0 Å². The van der Waals surface area contributed by atoms with Gasteiger partial charge in [0.2, 0.25) is 0 Å². The van der Waals surface area contributed by atoms with E-state index in [4.69, 9.17) is 6.42 Å². The predicted molar refractivity (Wildman–Crippen MR) is 51.2 cm³/mol. The van der Waals surface area contributed by atoms with Gasteiger partial charge in [-0.05, 0) is 12.0 Å². The summed E-state index contributed by atoms with van der Waals surface area (Å²) >= 11 is 0. The van der Waals surface area contributed by atoms with Crippen molar-refractivity contribution < 1.29 is 0 Å². The molecule has 0 heteroatoms. The second-order valence-corrected chi connectivity index (χ2v) is 2.16. The second kappa shape index (κ2) is 6.89. The molecule has 58 valence electrons. The van der Waals surface area contributed by atoms with Gasteiger partial charge in [0.15, 0.2) is 0 Å². The molecule has 0 nitrogen and oxygen atoms in total. The smallest absolute Gasteiger partial charge is 0.0334 e. The first-order valence-corrected chi connectivity index (χ1v) is 3.76. The third kappa shape index (κ3) is 5.24. The van der Waals surface area contributed by atoms with E-state index in [9.17, 15) is 0 Å². The fourth-order valence-corrected chi connectivity index (χ4v) is 0.771. The van der Waals surface area contributed by atoms with Crippen LogP contribution in [0.15, 0.2) is 36.5 Å². The van der Waals surface area contributed by atoms with Crippen molar-refractivity contribution in [3.05, 3.63) is 36.5 Å². The van der Waals surface area contributed by atoms with Gasteiger partial charge in [0, 0.05) is 6.42 Å². The minimum absolute atomic E-state index is 0.707. The molecule has 0 aromatic heterocycles. The molecular weight excluding hydrogens is 132 g/mol. The molecule has 0 spiro atoms. The third-order valence-corrected chi connectivity index (χ3v) is 1.22. The van der Waals surface area contributed by atoms with Gasteiger partial charge in [0.1, 0.15) is 0 Å². The summed E-state index contributed by atoms with van der Waals surface area (Å²) in [5.74, 6) is 2.61. The topological polar surface area (TPSA) is 0 Å². The zero-order valence-corrected chi connectivity index (χ0v) is 7.01. The predicted octanol–water partition coefficient (Wildman–Crippen LogP) is 3.09. The van der Waals surface area contributed by atoms with Crippen LogP contribution in [0.1, 0.15) is 19.8 Å². The van der Waals surface area contributed by atoms with Crippen molar-refractivity contribution in [1.82, 2.24) is 0 Å². The fraction of sp³-hybridized carbons (Fsp3) is 0.273. The van der Waals surface area contributed by atoms with Gasteiger partial charge >= 0.3 is 0 Å². The SMILES string of the molecule is C#CCC(C=CC=C)=CCC. The molecule has 0 unspecified atom stereocenters. The van der Waals surface area contributed by atoms with Gasteiger partial charge in [0.05, 0.1) is 0 Å². The molecule has 0 atom stereocenters. The Morgan fingerprint density at radius 1 is 1.64 bits per heavy atom. The van der Waals surface area contributed by atoms with Gasteiger partial charge in [-0.25, -0.2) is 0 Å². The zero-order chi connectivity index (χ0) is 8.53. The Labute approximate surface area is 69.3 Å². The molecule has 0 aliphatic carbocycles. The summed E-state index contributed by atoms with van der Waals surface area (Å²) in [5.41, 5.74) is 1.19. The zero-order valence-electron chi connectivity index (χ0n) is 7.01. The molecule has 0 radical (unpaired) electrons. The lowest BCUT2D eigenvalue weighted by Crippen LogP contribution is -1.74. The Kier molecular flexibility index (Phi) is 6.13. The van der Waals surface area contributed by atoms with Crippen molar-refractivity contribution in [3.8, 4) is 12.3 Å². The molecule has 0 heterocycles. The lowest BCUT2D eigenvalue weighted by Gasteiger charge is -1.92. The lowest BCUT2D eigenvalue weighted by atomic mass is 10.1. The average molecular weight is 146 g/mol. The van der Waals surface area contributed by atoms with Crippen LogP contribution in [0.4, 0.5) is 0 Å². The van der Waals surface area contributed by atoms with E-state index in [2.05, 4.69) is 25.5 Å². The Hall–Kier alpha value is -1.22. The van der Waals surface area contributed by atoms with Crippen LogP contribution in [0.3, 0.4) is 0 Å². The molecule has 11 heavy (non-hydrogen) atoms. The van der Waals surface area contributed by atoms with Gasteiger partial charge in [-0.3, -0.25) is 0 Å². The molecule has 0 aromatic rings. The number of rotatable bonds is 4. The van der Waals surface area contributed by atoms with E-state index in [1.807, 2.05) is 12.2 Å². The number of hydrogen-bond donors (Lipinski definition) is 0. The summed E-state index contributed by atoms with van der Waals surface area (Å²) < 4.78 is 0. The van der Waals surface area contributed by atoms with Crippen LogP contribution < -0.4 is 0 Å². The molecule has 0 aliphatic heterocycles. The highest BCUT2D eigenvalue weighted by molar-refractivity contribution is 5.25.